The summed E-state index contributed by atoms with van der Waals surface area (Å²) >= 11 is 5.68. The van der Waals surface area contributed by atoms with Crippen LogP contribution < -0.4 is 4.90 Å². The molecule has 14 heavy (non-hydrogen) atoms. The largest absolute Gasteiger partial charge is 0.353 e. The highest BCUT2D eigenvalue weighted by atomic mass is 35.5. The van der Waals surface area contributed by atoms with Gasteiger partial charge in [-0.15, -0.1) is 11.6 Å². The van der Waals surface area contributed by atoms with E-state index in [0.29, 0.717) is 17.4 Å². The highest BCUT2D eigenvalue weighted by Crippen LogP contribution is 2.18. The van der Waals surface area contributed by atoms with Gasteiger partial charge in [-0.3, -0.25) is 0 Å². The van der Waals surface area contributed by atoms with Crippen LogP contribution in [0, 0.1) is 12.7 Å². The molecule has 0 spiro atoms. The fourth-order valence-corrected chi connectivity index (χ4v) is 1.21. The third kappa shape index (κ3) is 2.12. The molecule has 1 aromatic rings. The zero-order valence-electron chi connectivity index (χ0n) is 8.46. The van der Waals surface area contributed by atoms with Crippen molar-refractivity contribution in [2.45, 2.75) is 19.9 Å². The Bertz CT molecular complexity index is 319. The molecule has 0 saturated heterocycles. The average molecular weight is 218 g/mol. The van der Waals surface area contributed by atoms with Gasteiger partial charge in [0, 0.05) is 19.0 Å². The van der Waals surface area contributed by atoms with Gasteiger partial charge in [0.2, 0.25) is 0 Å². The summed E-state index contributed by atoms with van der Waals surface area (Å²) in [5.41, 5.74) is 0.351. The van der Waals surface area contributed by atoms with E-state index in [1.807, 2.05) is 6.92 Å². The van der Waals surface area contributed by atoms with Gasteiger partial charge < -0.3 is 4.90 Å². The van der Waals surface area contributed by atoms with E-state index in [-0.39, 0.29) is 11.9 Å². The topological polar surface area (TPSA) is 29.0 Å². The van der Waals surface area contributed by atoms with Crippen LogP contribution in [-0.4, -0.2) is 28.9 Å². The molecule has 0 saturated carbocycles. The van der Waals surface area contributed by atoms with Gasteiger partial charge >= 0.3 is 0 Å². The Hall–Kier alpha value is -0.900. The Labute approximate surface area is 87.9 Å². The summed E-state index contributed by atoms with van der Waals surface area (Å²) in [4.78, 5) is 9.36. The summed E-state index contributed by atoms with van der Waals surface area (Å²) < 4.78 is 13.5. The molecule has 1 heterocycles. The van der Waals surface area contributed by atoms with Gasteiger partial charge in [-0.2, -0.15) is 0 Å². The monoisotopic (exact) mass is 217 g/mol. The number of anilines is 1. The zero-order valence-corrected chi connectivity index (χ0v) is 9.22. The number of hydrogen-bond donors (Lipinski definition) is 0. The SMILES string of the molecule is Cc1ncnc(N(C)C(C)CCl)c1F. The van der Waals surface area contributed by atoms with Crippen molar-refractivity contribution in [3.05, 3.63) is 17.8 Å². The minimum absolute atomic E-state index is 0.0421. The van der Waals surface area contributed by atoms with Crippen LogP contribution in [0.15, 0.2) is 6.33 Å². The molecule has 5 heteroatoms. The number of nitrogens with zero attached hydrogens (tertiary/aromatic N) is 3. The molecule has 0 bridgehead atoms. The van der Waals surface area contributed by atoms with E-state index in [9.17, 15) is 4.39 Å². The van der Waals surface area contributed by atoms with E-state index in [1.165, 1.54) is 6.33 Å². The van der Waals surface area contributed by atoms with Gasteiger partial charge in [-0.1, -0.05) is 0 Å². The minimum atomic E-state index is -0.382. The van der Waals surface area contributed by atoms with Gasteiger partial charge in [0.05, 0.1) is 5.69 Å². The third-order valence-corrected chi connectivity index (χ3v) is 2.61. The third-order valence-electron chi connectivity index (χ3n) is 2.16. The van der Waals surface area contributed by atoms with E-state index < -0.39 is 0 Å². The molecule has 78 valence electrons. The molecule has 1 atom stereocenters. The molecule has 0 aliphatic rings. The first-order valence-electron chi connectivity index (χ1n) is 4.33. The number of alkyl halides is 1. The van der Waals surface area contributed by atoms with Crippen molar-refractivity contribution in [2.24, 2.45) is 0 Å². The quantitative estimate of drug-likeness (QED) is 0.726. The Morgan fingerprint density at radius 2 is 2.21 bits per heavy atom. The summed E-state index contributed by atoms with van der Waals surface area (Å²) in [6, 6.07) is 0.0421. The van der Waals surface area contributed by atoms with E-state index in [1.54, 1.807) is 18.9 Å². The molecule has 0 aliphatic carbocycles. The average Bonchev–Trinajstić information content (AvgIpc) is 2.20. The fraction of sp³-hybridized carbons (Fsp3) is 0.556. The number of aryl methyl sites for hydroxylation is 1. The second-order valence-electron chi connectivity index (χ2n) is 3.21. The van der Waals surface area contributed by atoms with E-state index >= 15 is 0 Å². The first-order valence-corrected chi connectivity index (χ1v) is 4.87. The molecule has 3 nitrogen and oxygen atoms in total. The summed E-state index contributed by atoms with van der Waals surface area (Å²) in [6.07, 6.45) is 1.35. The van der Waals surface area contributed by atoms with Crippen molar-refractivity contribution < 1.29 is 4.39 Å². The molecule has 1 aromatic heterocycles. The van der Waals surface area contributed by atoms with E-state index in [0.717, 1.165) is 0 Å². The van der Waals surface area contributed by atoms with Crippen molar-refractivity contribution in [3.63, 3.8) is 0 Å². The second kappa shape index (κ2) is 4.55. The molecule has 0 aromatic carbocycles. The smallest absolute Gasteiger partial charge is 0.186 e. The van der Waals surface area contributed by atoms with E-state index in [2.05, 4.69) is 9.97 Å². The number of hydrogen-bond acceptors (Lipinski definition) is 3. The number of rotatable bonds is 3. The molecule has 0 amide bonds. The highest BCUT2D eigenvalue weighted by molar-refractivity contribution is 6.18. The lowest BCUT2D eigenvalue weighted by atomic mass is 10.3. The molecule has 1 rings (SSSR count). The molecular formula is C9H13ClFN3. The number of aromatic nitrogens is 2. The first-order chi connectivity index (χ1) is 6.57. The lowest BCUT2D eigenvalue weighted by molar-refractivity contribution is 0.587. The molecule has 0 aliphatic heterocycles. The van der Waals surface area contributed by atoms with Gasteiger partial charge in [-0.05, 0) is 13.8 Å². The van der Waals surface area contributed by atoms with Gasteiger partial charge in [0.15, 0.2) is 11.6 Å². The van der Waals surface area contributed by atoms with Crippen molar-refractivity contribution in [3.8, 4) is 0 Å². The first kappa shape index (κ1) is 11.2. The van der Waals surface area contributed by atoms with Gasteiger partial charge in [0.1, 0.15) is 6.33 Å². The van der Waals surface area contributed by atoms with Crippen LogP contribution in [0.2, 0.25) is 0 Å². The van der Waals surface area contributed by atoms with Crippen molar-refractivity contribution in [1.29, 1.82) is 0 Å². The molecular weight excluding hydrogens is 205 g/mol. The van der Waals surface area contributed by atoms with Crippen LogP contribution in [0.25, 0.3) is 0 Å². The van der Waals surface area contributed by atoms with Crippen LogP contribution in [0.1, 0.15) is 12.6 Å². The lowest BCUT2D eigenvalue weighted by Gasteiger charge is -2.24. The van der Waals surface area contributed by atoms with E-state index in [4.69, 9.17) is 11.6 Å². The summed E-state index contributed by atoms with van der Waals surface area (Å²) in [6.45, 7) is 3.52. The molecule has 0 radical (unpaired) electrons. The van der Waals surface area contributed by atoms with Crippen LogP contribution >= 0.6 is 11.6 Å². The number of halogens is 2. The van der Waals surface area contributed by atoms with Crippen LogP contribution in [-0.2, 0) is 0 Å². The molecule has 1 unspecified atom stereocenters. The zero-order chi connectivity index (χ0) is 10.7. The van der Waals surface area contributed by atoms with Crippen LogP contribution in [0.5, 0.6) is 0 Å². The molecule has 0 N–H and O–H groups in total. The van der Waals surface area contributed by atoms with Gasteiger partial charge in [0.25, 0.3) is 0 Å². The Kier molecular flexibility index (Phi) is 3.63. The minimum Gasteiger partial charge on any atom is -0.353 e. The van der Waals surface area contributed by atoms with Crippen molar-refractivity contribution in [1.82, 2.24) is 9.97 Å². The van der Waals surface area contributed by atoms with Crippen LogP contribution in [0.3, 0.4) is 0 Å². The fourth-order valence-electron chi connectivity index (χ4n) is 1.00. The summed E-state index contributed by atoms with van der Waals surface area (Å²) in [5.74, 6) is 0.344. The maximum Gasteiger partial charge on any atom is 0.186 e. The lowest BCUT2D eigenvalue weighted by Crippen LogP contribution is -2.32. The highest BCUT2D eigenvalue weighted by Gasteiger charge is 2.16. The predicted octanol–water partition coefficient (Wildman–Crippen LogP) is 1.99. The normalized spacial score (nSPS) is 12.6. The standard InChI is InChI=1S/C9H13ClFN3/c1-6(4-10)14(3)9-8(11)7(2)12-5-13-9/h5-6H,4H2,1-3H3. The second-order valence-corrected chi connectivity index (χ2v) is 3.52. The van der Waals surface area contributed by atoms with Crippen molar-refractivity contribution in [2.75, 3.05) is 17.8 Å². The summed E-state index contributed by atoms with van der Waals surface area (Å²) in [5, 5.41) is 0. The summed E-state index contributed by atoms with van der Waals surface area (Å²) in [7, 11) is 1.76. The molecule has 0 fully saturated rings. The Morgan fingerprint density at radius 1 is 1.57 bits per heavy atom. The Balaban J connectivity index is 3.01. The Morgan fingerprint density at radius 3 is 2.79 bits per heavy atom. The maximum atomic E-state index is 13.5. The predicted molar refractivity (Wildman–Crippen MR) is 55.3 cm³/mol. The van der Waals surface area contributed by atoms with Crippen molar-refractivity contribution >= 4 is 17.4 Å². The van der Waals surface area contributed by atoms with Crippen LogP contribution in [0.4, 0.5) is 10.2 Å². The maximum absolute atomic E-state index is 13.5. The van der Waals surface area contributed by atoms with Gasteiger partial charge in [-0.25, -0.2) is 14.4 Å².